The van der Waals surface area contributed by atoms with Crippen LogP contribution < -0.4 is 5.32 Å². The summed E-state index contributed by atoms with van der Waals surface area (Å²) in [5.74, 6) is 0.0908. The normalized spacial score (nSPS) is 21.9. The van der Waals surface area contributed by atoms with Crippen LogP contribution in [0, 0.1) is 5.92 Å². The van der Waals surface area contributed by atoms with Crippen LogP contribution in [0.3, 0.4) is 0 Å². The number of likely N-dealkylation sites (N-methyl/N-ethyl adjacent to an activating group) is 2. The molecule has 2 heterocycles. The fourth-order valence-corrected chi connectivity index (χ4v) is 2.48. The van der Waals surface area contributed by atoms with E-state index in [0.29, 0.717) is 19.8 Å². The highest BCUT2D eigenvalue weighted by Gasteiger charge is 2.34. The zero-order valence-electron chi connectivity index (χ0n) is 12.2. The Morgan fingerprint density at radius 3 is 3.05 bits per heavy atom. The molecule has 20 heavy (non-hydrogen) atoms. The van der Waals surface area contributed by atoms with E-state index in [4.69, 9.17) is 4.74 Å². The number of carbonyl (C=O) groups is 1. The summed E-state index contributed by atoms with van der Waals surface area (Å²) in [6, 6.07) is 5.99. The lowest BCUT2D eigenvalue weighted by molar-refractivity contribution is -0.134. The second-order valence-corrected chi connectivity index (χ2v) is 5.14. The second kappa shape index (κ2) is 7.36. The number of hydrogen-bond donors (Lipinski definition) is 1. The molecule has 0 radical (unpaired) electrons. The Kier molecular flexibility index (Phi) is 5.49. The molecular weight excluding hydrogens is 254 g/mol. The molecule has 1 fully saturated rings. The summed E-state index contributed by atoms with van der Waals surface area (Å²) in [6.45, 7) is 4.73. The molecule has 2 unspecified atom stereocenters. The highest BCUT2D eigenvalue weighted by molar-refractivity contribution is 5.79. The minimum atomic E-state index is -0.0660. The molecule has 5 nitrogen and oxygen atoms in total. The molecule has 0 aromatic carbocycles. The highest BCUT2D eigenvalue weighted by Crippen LogP contribution is 2.16. The number of ether oxygens (including phenoxy) is 1. The van der Waals surface area contributed by atoms with E-state index in [2.05, 4.69) is 10.3 Å². The van der Waals surface area contributed by atoms with Crippen molar-refractivity contribution in [1.82, 2.24) is 15.2 Å². The number of nitrogens with one attached hydrogen (secondary N) is 1. The quantitative estimate of drug-likeness (QED) is 0.832. The van der Waals surface area contributed by atoms with Crippen LogP contribution in [0.25, 0.3) is 0 Å². The summed E-state index contributed by atoms with van der Waals surface area (Å²) in [4.78, 5) is 18.5. The molecule has 0 bridgehead atoms. The van der Waals surface area contributed by atoms with Gasteiger partial charge in [-0.05, 0) is 18.7 Å². The molecule has 1 N–H and O–H groups in total. The molecule has 2 atom stereocenters. The van der Waals surface area contributed by atoms with E-state index in [9.17, 15) is 4.79 Å². The van der Waals surface area contributed by atoms with Gasteiger partial charge in [0.25, 0.3) is 0 Å². The first-order chi connectivity index (χ1) is 9.72. The van der Waals surface area contributed by atoms with Crippen molar-refractivity contribution >= 4 is 5.91 Å². The molecule has 0 spiro atoms. The number of nitrogens with zero attached hydrogens (tertiary/aromatic N) is 2. The molecule has 1 amide bonds. The smallest absolute Gasteiger partial charge is 0.229 e. The lowest BCUT2D eigenvalue weighted by atomic mass is 10.0. The third kappa shape index (κ3) is 3.77. The topological polar surface area (TPSA) is 54.5 Å². The predicted octanol–water partition coefficient (Wildman–Crippen LogP) is 0.707. The maximum atomic E-state index is 12.4. The van der Waals surface area contributed by atoms with E-state index in [0.717, 1.165) is 18.7 Å². The van der Waals surface area contributed by atoms with Gasteiger partial charge in [-0.3, -0.25) is 9.78 Å². The van der Waals surface area contributed by atoms with E-state index in [1.165, 1.54) is 0 Å². The van der Waals surface area contributed by atoms with Gasteiger partial charge in [-0.15, -0.1) is 0 Å². The number of aromatic nitrogens is 1. The Hall–Kier alpha value is -1.46. The second-order valence-electron chi connectivity index (χ2n) is 5.14. The van der Waals surface area contributed by atoms with Gasteiger partial charge in [-0.1, -0.05) is 13.0 Å². The zero-order valence-corrected chi connectivity index (χ0v) is 12.2. The van der Waals surface area contributed by atoms with Crippen molar-refractivity contribution in [2.24, 2.45) is 5.92 Å². The molecule has 1 aromatic heterocycles. The summed E-state index contributed by atoms with van der Waals surface area (Å²) < 4.78 is 5.43. The average molecular weight is 277 g/mol. The maximum Gasteiger partial charge on any atom is 0.229 e. The molecule has 2 rings (SSSR count). The van der Waals surface area contributed by atoms with Gasteiger partial charge in [0.2, 0.25) is 5.91 Å². The zero-order chi connectivity index (χ0) is 14.4. The van der Waals surface area contributed by atoms with Gasteiger partial charge in [-0.25, -0.2) is 0 Å². The average Bonchev–Trinajstić information content (AvgIpc) is 2.93. The van der Waals surface area contributed by atoms with Gasteiger partial charge in [0.1, 0.15) is 0 Å². The number of carbonyl (C=O) groups excluding carboxylic acids is 1. The van der Waals surface area contributed by atoms with Crippen molar-refractivity contribution in [2.45, 2.75) is 19.4 Å². The first-order valence-electron chi connectivity index (χ1n) is 7.18. The van der Waals surface area contributed by atoms with Gasteiger partial charge in [0.15, 0.2) is 0 Å². The van der Waals surface area contributed by atoms with Crippen molar-refractivity contribution in [1.29, 1.82) is 0 Å². The molecule has 0 aliphatic carbocycles. The lowest BCUT2D eigenvalue weighted by Crippen LogP contribution is -2.45. The summed E-state index contributed by atoms with van der Waals surface area (Å²) >= 11 is 0. The molecule has 0 saturated carbocycles. The first-order valence-corrected chi connectivity index (χ1v) is 7.18. The lowest BCUT2D eigenvalue weighted by Gasteiger charge is -2.24. The monoisotopic (exact) mass is 277 g/mol. The van der Waals surface area contributed by atoms with E-state index in [1.54, 1.807) is 11.1 Å². The van der Waals surface area contributed by atoms with Gasteiger partial charge in [0.05, 0.1) is 19.1 Å². The molecular formula is C15H23N3O2. The minimum Gasteiger partial charge on any atom is -0.379 e. The van der Waals surface area contributed by atoms with Crippen molar-refractivity contribution in [3.05, 3.63) is 30.1 Å². The SMILES string of the molecule is CCNC1COCC1C(=O)N(C)CCc1ccccn1. The van der Waals surface area contributed by atoms with Crippen LogP contribution in [0.2, 0.25) is 0 Å². The Morgan fingerprint density at radius 1 is 1.50 bits per heavy atom. The van der Waals surface area contributed by atoms with Crippen molar-refractivity contribution in [3.8, 4) is 0 Å². The van der Waals surface area contributed by atoms with Crippen LogP contribution in [0.15, 0.2) is 24.4 Å². The Balaban J connectivity index is 1.85. The van der Waals surface area contributed by atoms with Gasteiger partial charge >= 0.3 is 0 Å². The van der Waals surface area contributed by atoms with Crippen LogP contribution in [0.1, 0.15) is 12.6 Å². The highest BCUT2D eigenvalue weighted by atomic mass is 16.5. The minimum absolute atomic E-state index is 0.0660. The van der Waals surface area contributed by atoms with E-state index in [1.807, 2.05) is 32.2 Å². The number of pyridine rings is 1. The van der Waals surface area contributed by atoms with Crippen LogP contribution in [0.5, 0.6) is 0 Å². The largest absolute Gasteiger partial charge is 0.379 e. The third-order valence-electron chi connectivity index (χ3n) is 3.67. The van der Waals surface area contributed by atoms with E-state index < -0.39 is 0 Å². The fraction of sp³-hybridized carbons (Fsp3) is 0.600. The van der Waals surface area contributed by atoms with Crippen molar-refractivity contribution in [2.75, 3.05) is 33.4 Å². The number of hydrogen-bond acceptors (Lipinski definition) is 4. The Labute approximate surface area is 120 Å². The van der Waals surface area contributed by atoms with E-state index >= 15 is 0 Å². The summed E-state index contributed by atoms with van der Waals surface area (Å²) in [6.07, 6.45) is 2.56. The standard InChI is InChI=1S/C15H23N3O2/c1-3-16-14-11-20-10-13(14)15(19)18(2)9-7-12-6-4-5-8-17-12/h4-6,8,13-14,16H,3,7,9-11H2,1-2H3. The fourth-order valence-electron chi connectivity index (χ4n) is 2.48. The van der Waals surface area contributed by atoms with Crippen LogP contribution in [-0.2, 0) is 16.0 Å². The summed E-state index contributed by atoms with van der Waals surface area (Å²) in [5, 5.41) is 3.32. The molecule has 1 saturated heterocycles. The van der Waals surface area contributed by atoms with Crippen molar-refractivity contribution < 1.29 is 9.53 Å². The van der Waals surface area contributed by atoms with Crippen LogP contribution in [0.4, 0.5) is 0 Å². The van der Waals surface area contributed by atoms with Gasteiger partial charge in [0, 0.05) is 37.9 Å². The Bertz CT molecular complexity index is 424. The molecule has 1 aliphatic heterocycles. The van der Waals surface area contributed by atoms with Crippen LogP contribution >= 0.6 is 0 Å². The van der Waals surface area contributed by atoms with Crippen LogP contribution in [-0.4, -0.2) is 55.2 Å². The maximum absolute atomic E-state index is 12.4. The first kappa shape index (κ1) is 14.9. The molecule has 5 heteroatoms. The summed E-state index contributed by atoms with van der Waals surface area (Å²) in [7, 11) is 1.85. The van der Waals surface area contributed by atoms with E-state index in [-0.39, 0.29) is 17.9 Å². The number of amides is 1. The van der Waals surface area contributed by atoms with Crippen molar-refractivity contribution in [3.63, 3.8) is 0 Å². The van der Waals surface area contributed by atoms with Gasteiger partial charge < -0.3 is 15.0 Å². The summed E-state index contributed by atoms with van der Waals surface area (Å²) in [5.41, 5.74) is 1.01. The number of rotatable bonds is 6. The predicted molar refractivity (Wildman–Crippen MR) is 77.4 cm³/mol. The molecule has 110 valence electrons. The Morgan fingerprint density at radius 2 is 2.35 bits per heavy atom. The molecule has 1 aliphatic rings. The third-order valence-corrected chi connectivity index (χ3v) is 3.67. The molecule has 1 aromatic rings. The van der Waals surface area contributed by atoms with Gasteiger partial charge in [-0.2, -0.15) is 0 Å².